The van der Waals surface area contributed by atoms with E-state index in [1.54, 1.807) is 4.90 Å². The molecule has 0 unspecified atom stereocenters. The molecule has 0 spiro atoms. The van der Waals surface area contributed by atoms with E-state index in [2.05, 4.69) is 13.8 Å². The van der Waals surface area contributed by atoms with Gasteiger partial charge >= 0.3 is 0 Å². The Kier molecular flexibility index (Phi) is 4.95. The minimum atomic E-state index is -0.546. The number of hydrogen-bond donors (Lipinski definition) is 1. The standard InChI is InChI=1S/C20H25NO4/c1-12(2)14-6-8-15(9-7-14)18-17(13(3)22)19(23)20(24)21(18)11-16-5-4-10-25-16/h6-9,12,16,18,23H,4-5,10-11H2,1-3H3/t16-,18+/m0/s1. The summed E-state index contributed by atoms with van der Waals surface area (Å²) in [7, 11) is 0. The summed E-state index contributed by atoms with van der Waals surface area (Å²) in [6.07, 6.45) is 1.82. The van der Waals surface area contributed by atoms with Gasteiger partial charge in [-0.3, -0.25) is 9.59 Å². The van der Waals surface area contributed by atoms with E-state index >= 15 is 0 Å². The highest BCUT2D eigenvalue weighted by molar-refractivity contribution is 6.08. The lowest BCUT2D eigenvalue weighted by atomic mass is 9.94. The Morgan fingerprint density at radius 3 is 2.52 bits per heavy atom. The van der Waals surface area contributed by atoms with Gasteiger partial charge in [0.25, 0.3) is 5.91 Å². The number of carbonyl (C=O) groups is 2. The molecule has 1 saturated heterocycles. The van der Waals surface area contributed by atoms with Gasteiger partial charge in [0.2, 0.25) is 0 Å². The number of ether oxygens (including phenoxy) is 1. The highest BCUT2D eigenvalue weighted by Crippen LogP contribution is 2.38. The predicted molar refractivity (Wildman–Crippen MR) is 94.3 cm³/mol. The summed E-state index contributed by atoms with van der Waals surface area (Å²) in [5.41, 5.74) is 2.21. The van der Waals surface area contributed by atoms with Crippen LogP contribution in [0.4, 0.5) is 0 Å². The fourth-order valence-corrected chi connectivity index (χ4v) is 3.62. The molecular formula is C20H25NO4. The molecule has 3 rings (SSSR count). The predicted octanol–water partition coefficient (Wildman–Crippen LogP) is 3.27. The number of aliphatic hydroxyl groups excluding tert-OH is 1. The summed E-state index contributed by atoms with van der Waals surface area (Å²) >= 11 is 0. The van der Waals surface area contributed by atoms with Crippen molar-refractivity contribution < 1.29 is 19.4 Å². The minimum absolute atomic E-state index is 0.0412. The quantitative estimate of drug-likeness (QED) is 0.891. The fourth-order valence-electron chi connectivity index (χ4n) is 3.62. The van der Waals surface area contributed by atoms with Crippen LogP contribution in [0, 0.1) is 0 Å². The molecule has 0 aliphatic carbocycles. The lowest BCUT2D eigenvalue weighted by Gasteiger charge is -2.29. The van der Waals surface area contributed by atoms with E-state index in [9.17, 15) is 14.7 Å². The molecule has 0 radical (unpaired) electrons. The molecule has 1 aromatic rings. The monoisotopic (exact) mass is 343 g/mol. The van der Waals surface area contributed by atoms with Crippen molar-refractivity contribution >= 4 is 11.7 Å². The molecule has 5 heteroatoms. The fraction of sp³-hybridized carbons (Fsp3) is 0.500. The number of amides is 1. The van der Waals surface area contributed by atoms with Crippen molar-refractivity contribution in [2.75, 3.05) is 13.2 Å². The first-order valence-corrected chi connectivity index (χ1v) is 8.86. The summed E-state index contributed by atoms with van der Waals surface area (Å²) in [5, 5.41) is 10.3. The van der Waals surface area contributed by atoms with E-state index in [1.165, 1.54) is 12.5 Å². The molecule has 0 aromatic heterocycles. The van der Waals surface area contributed by atoms with Crippen LogP contribution in [0.25, 0.3) is 0 Å². The van der Waals surface area contributed by atoms with Gasteiger partial charge in [0, 0.05) is 13.2 Å². The molecule has 0 saturated carbocycles. The zero-order valence-corrected chi connectivity index (χ0v) is 15.0. The second-order valence-corrected chi connectivity index (χ2v) is 7.13. The molecule has 1 aromatic carbocycles. The molecule has 0 bridgehead atoms. The molecule has 1 N–H and O–H groups in total. The Morgan fingerprint density at radius 2 is 2.00 bits per heavy atom. The molecule has 134 valence electrons. The van der Waals surface area contributed by atoms with Gasteiger partial charge in [0.05, 0.1) is 17.7 Å². The molecular weight excluding hydrogens is 318 g/mol. The van der Waals surface area contributed by atoms with Crippen LogP contribution >= 0.6 is 0 Å². The summed E-state index contributed by atoms with van der Waals surface area (Å²) in [5.74, 6) is -0.792. The van der Waals surface area contributed by atoms with E-state index in [0.29, 0.717) is 19.1 Å². The number of aliphatic hydroxyl groups is 1. The summed E-state index contributed by atoms with van der Waals surface area (Å²) in [6, 6.07) is 7.37. The number of benzene rings is 1. The van der Waals surface area contributed by atoms with E-state index in [-0.39, 0.29) is 17.5 Å². The van der Waals surface area contributed by atoms with Crippen LogP contribution in [-0.4, -0.2) is 41.0 Å². The van der Waals surface area contributed by atoms with Crippen molar-refractivity contribution in [1.29, 1.82) is 0 Å². The minimum Gasteiger partial charge on any atom is -0.503 e. The van der Waals surface area contributed by atoms with Crippen molar-refractivity contribution in [1.82, 2.24) is 4.90 Å². The second kappa shape index (κ2) is 7.00. The van der Waals surface area contributed by atoms with E-state index in [0.717, 1.165) is 18.4 Å². The van der Waals surface area contributed by atoms with Crippen molar-refractivity contribution in [2.45, 2.75) is 51.7 Å². The Balaban J connectivity index is 1.96. The molecule has 2 aliphatic rings. The number of carbonyl (C=O) groups excluding carboxylic acids is 2. The summed E-state index contributed by atoms with van der Waals surface area (Å²) in [4.78, 5) is 26.3. The number of hydrogen-bond acceptors (Lipinski definition) is 4. The Hall–Kier alpha value is -2.14. The van der Waals surface area contributed by atoms with E-state index in [1.807, 2.05) is 24.3 Å². The third-order valence-corrected chi connectivity index (χ3v) is 5.03. The largest absolute Gasteiger partial charge is 0.503 e. The number of Topliss-reactive ketones (excluding diaryl/α,β-unsaturated/α-hetero) is 1. The van der Waals surface area contributed by atoms with Crippen LogP contribution in [0.3, 0.4) is 0 Å². The zero-order chi connectivity index (χ0) is 18.1. The Morgan fingerprint density at radius 1 is 1.32 bits per heavy atom. The maximum Gasteiger partial charge on any atom is 0.290 e. The topological polar surface area (TPSA) is 66.8 Å². The highest BCUT2D eigenvalue weighted by Gasteiger charge is 2.43. The van der Waals surface area contributed by atoms with Crippen LogP contribution in [0.1, 0.15) is 56.7 Å². The molecule has 2 atom stereocenters. The van der Waals surface area contributed by atoms with Gasteiger partial charge in [-0.15, -0.1) is 0 Å². The first kappa shape index (κ1) is 17.7. The molecule has 1 amide bonds. The third kappa shape index (κ3) is 3.33. The number of ketones is 1. The van der Waals surface area contributed by atoms with Gasteiger partial charge in [0.15, 0.2) is 11.5 Å². The van der Waals surface area contributed by atoms with Crippen molar-refractivity contribution in [3.05, 3.63) is 46.7 Å². The van der Waals surface area contributed by atoms with Crippen LogP contribution in [0.5, 0.6) is 0 Å². The molecule has 2 heterocycles. The molecule has 1 fully saturated rings. The summed E-state index contributed by atoms with van der Waals surface area (Å²) < 4.78 is 5.65. The van der Waals surface area contributed by atoms with Gasteiger partial charge in [-0.05, 0) is 36.8 Å². The SMILES string of the molecule is CC(=O)C1=C(O)C(=O)N(C[C@@H]2CCCO2)[C@@H]1c1ccc(C(C)C)cc1. The Bertz CT molecular complexity index is 699. The van der Waals surface area contributed by atoms with Crippen LogP contribution in [0.2, 0.25) is 0 Å². The van der Waals surface area contributed by atoms with Crippen molar-refractivity contribution in [3.8, 4) is 0 Å². The van der Waals surface area contributed by atoms with E-state index in [4.69, 9.17) is 4.74 Å². The second-order valence-electron chi connectivity index (χ2n) is 7.13. The average Bonchev–Trinajstić information content (AvgIpc) is 3.17. The lowest BCUT2D eigenvalue weighted by molar-refractivity contribution is -0.131. The molecule has 25 heavy (non-hydrogen) atoms. The normalized spacial score (nSPS) is 23.8. The maximum atomic E-state index is 12.6. The van der Waals surface area contributed by atoms with E-state index < -0.39 is 17.7 Å². The zero-order valence-electron chi connectivity index (χ0n) is 15.0. The number of rotatable bonds is 5. The van der Waals surface area contributed by atoms with Crippen molar-refractivity contribution in [3.63, 3.8) is 0 Å². The van der Waals surface area contributed by atoms with Gasteiger partial charge in [0.1, 0.15) is 0 Å². The third-order valence-electron chi connectivity index (χ3n) is 5.03. The van der Waals surface area contributed by atoms with Crippen LogP contribution in [0.15, 0.2) is 35.6 Å². The van der Waals surface area contributed by atoms with Crippen LogP contribution < -0.4 is 0 Å². The van der Waals surface area contributed by atoms with Gasteiger partial charge in [-0.2, -0.15) is 0 Å². The molecule has 2 aliphatic heterocycles. The maximum absolute atomic E-state index is 12.6. The average molecular weight is 343 g/mol. The first-order valence-electron chi connectivity index (χ1n) is 8.86. The van der Waals surface area contributed by atoms with Gasteiger partial charge in [-0.25, -0.2) is 0 Å². The molecule has 5 nitrogen and oxygen atoms in total. The lowest BCUT2D eigenvalue weighted by Crippen LogP contribution is -2.37. The van der Waals surface area contributed by atoms with Crippen molar-refractivity contribution in [2.24, 2.45) is 0 Å². The summed E-state index contributed by atoms with van der Waals surface area (Å²) in [6.45, 7) is 6.70. The Labute approximate surface area is 148 Å². The van der Waals surface area contributed by atoms with Gasteiger partial charge in [-0.1, -0.05) is 38.1 Å². The van der Waals surface area contributed by atoms with Crippen LogP contribution in [-0.2, 0) is 14.3 Å². The number of nitrogens with zero attached hydrogens (tertiary/aromatic N) is 1. The first-order chi connectivity index (χ1) is 11.9. The van der Waals surface area contributed by atoms with Gasteiger partial charge < -0.3 is 14.7 Å². The highest BCUT2D eigenvalue weighted by atomic mass is 16.5. The smallest absolute Gasteiger partial charge is 0.290 e.